The summed E-state index contributed by atoms with van der Waals surface area (Å²) in [5.74, 6) is -0.0623. The topological polar surface area (TPSA) is 50.3 Å². The Morgan fingerprint density at radius 3 is 2.59 bits per heavy atom. The first-order valence-corrected chi connectivity index (χ1v) is 9.67. The Balaban J connectivity index is 1.86. The van der Waals surface area contributed by atoms with Crippen LogP contribution in [-0.2, 0) is 11.3 Å². The third-order valence-corrected chi connectivity index (χ3v) is 5.26. The van der Waals surface area contributed by atoms with Crippen LogP contribution in [-0.4, -0.2) is 16.7 Å². The Hall–Kier alpha value is -3.24. The highest BCUT2D eigenvalue weighted by atomic mass is 35.5. The van der Waals surface area contributed by atoms with Crippen LogP contribution in [0.1, 0.15) is 41.0 Å². The van der Waals surface area contributed by atoms with Gasteiger partial charge in [-0.05, 0) is 54.0 Å². The van der Waals surface area contributed by atoms with Gasteiger partial charge in [0.2, 0.25) is 5.91 Å². The number of carbonyl (C=O) groups is 2. The molecule has 0 bridgehead atoms. The maximum Gasteiger partial charge on any atom is 0.224 e. The molecule has 0 aliphatic carbocycles. The lowest BCUT2D eigenvalue weighted by atomic mass is 9.96. The molecule has 29 heavy (non-hydrogen) atoms. The molecule has 0 atom stereocenters. The molecule has 1 aliphatic rings. The second kappa shape index (κ2) is 7.64. The number of hydrogen-bond acceptors (Lipinski definition) is 3. The molecule has 3 aromatic rings. The summed E-state index contributed by atoms with van der Waals surface area (Å²) in [6, 6.07) is 15.0. The van der Waals surface area contributed by atoms with Gasteiger partial charge < -0.3 is 4.90 Å². The number of carbonyl (C=O) groups excluding carboxylic acids is 2. The van der Waals surface area contributed by atoms with E-state index in [0.29, 0.717) is 17.1 Å². The van der Waals surface area contributed by atoms with Crippen molar-refractivity contribution in [1.29, 1.82) is 0 Å². The molecular weight excluding hydrogens is 384 g/mol. The number of Topliss-reactive ketones (excluding diaryl/α,β-unsaturated/α-hetero) is 1. The SMILES string of the molecule is CC(=O)c1ccccc1-c1cnc2c(c1)CN(C(C)=O)c1ccc(Cl)cc1/C=C\2. The Kier molecular flexibility index (Phi) is 5.03. The quantitative estimate of drug-likeness (QED) is 0.521. The summed E-state index contributed by atoms with van der Waals surface area (Å²) < 4.78 is 0. The second-order valence-electron chi connectivity index (χ2n) is 7.01. The number of fused-ring (bicyclic) bond motifs is 2. The molecule has 2 heterocycles. The third-order valence-electron chi connectivity index (χ3n) is 5.03. The number of ketones is 1. The van der Waals surface area contributed by atoms with Gasteiger partial charge in [-0.3, -0.25) is 14.6 Å². The highest BCUT2D eigenvalue weighted by molar-refractivity contribution is 6.30. The first-order valence-electron chi connectivity index (χ1n) is 9.29. The van der Waals surface area contributed by atoms with Gasteiger partial charge in [-0.15, -0.1) is 0 Å². The fourth-order valence-corrected chi connectivity index (χ4v) is 3.78. The van der Waals surface area contributed by atoms with E-state index in [2.05, 4.69) is 4.98 Å². The van der Waals surface area contributed by atoms with Crippen molar-refractivity contribution >= 4 is 41.1 Å². The number of hydrogen-bond donors (Lipinski definition) is 0. The molecule has 0 fully saturated rings. The lowest BCUT2D eigenvalue weighted by Gasteiger charge is -2.26. The molecule has 4 rings (SSSR count). The predicted octanol–water partition coefficient (Wildman–Crippen LogP) is 5.64. The number of anilines is 1. The van der Waals surface area contributed by atoms with Crippen molar-refractivity contribution in [1.82, 2.24) is 4.98 Å². The Morgan fingerprint density at radius 1 is 1.03 bits per heavy atom. The summed E-state index contributed by atoms with van der Waals surface area (Å²) in [6.45, 7) is 3.49. The minimum absolute atomic E-state index is 0.00315. The number of aromatic nitrogens is 1. The third kappa shape index (κ3) is 3.71. The van der Waals surface area contributed by atoms with E-state index in [1.54, 1.807) is 31.0 Å². The summed E-state index contributed by atoms with van der Waals surface area (Å²) >= 11 is 6.15. The number of halogens is 1. The Bertz CT molecular complexity index is 1170. The van der Waals surface area contributed by atoms with E-state index in [1.165, 1.54) is 0 Å². The van der Waals surface area contributed by atoms with Gasteiger partial charge in [0, 0.05) is 29.3 Å². The summed E-state index contributed by atoms with van der Waals surface area (Å²) in [6.07, 6.45) is 5.62. The average Bonchev–Trinajstić information content (AvgIpc) is 2.69. The molecule has 4 nitrogen and oxygen atoms in total. The van der Waals surface area contributed by atoms with Crippen LogP contribution in [0.15, 0.2) is 54.7 Å². The van der Waals surface area contributed by atoms with Gasteiger partial charge in [0.1, 0.15) is 0 Å². The van der Waals surface area contributed by atoms with Crippen LogP contribution >= 0.6 is 11.6 Å². The van der Waals surface area contributed by atoms with Gasteiger partial charge in [-0.25, -0.2) is 0 Å². The molecule has 0 N–H and O–H groups in total. The Labute approximate surface area is 174 Å². The zero-order valence-corrected chi connectivity index (χ0v) is 16.9. The average molecular weight is 403 g/mol. The van der Waals surface area contributed by atoms with E-state index in [9.17, 15) is 9.59 Å². The van der Waals surface area contributed by atoms with Gasteiger partial charge in [-0.1, -0.05) is 41.9 Å². The van der Waals surface area contributed by atoms with E-state index in [4.69, 9.17) is 11.6 Å². The summed E-state index contributed by atoms with van der Waals surface area (Å²) in [4.78, 5) is 30.8. The number of rotatable bonds is 2. The first kappa shape index (κ1) is 19.1. The molecule has 1 amide bonds. The zero-order valence-electron chi connectivity index (χ0n) is 16.1. The van der Waals surface area contributed by atoms with E-state index in [1.807, 2.05) is 54.6 Å². The maximum atomic E-state index is 12.4. The molecule has 0 saturated heterocycles. The molecule has 0 radical (unpaired) electrons. The first-order chi connectivity index (χ1) is 13.9. The fourth-order valence-electron chi connectivity index (χ4n) is 3.60. The molecule has 1 aromatic heterocycles. The number of pyridine rings is 1. The summed E-state index contributed by atoms with van der Waals surface area (Å²) in [5, 5.41) is 0.613. The Morgan fingerprint density at radius 2 is 1.83 bits per heavy atom. The molecule has 0 spiro atoms. The van der Waals surface area contributed by atoms with Crippen LogP contribution in [0.2, 0.25) is 5.02 Å². The molecule has 2 aromatic carbocycles. The van der Waals surface area contributed by atoms with Crippen molar-refractivity contribution in [2.24, 2.45) is 0 Å². The van der Waals surface area contributed by atoms with E-state index in [0.717, 1.165) is 33.6 Å². The summed E-state index contributed by atoms with van der Waals surface area (Å²) in [7, 11) is 0. The normalized spacial score (nSPS) is 13.7. The van der Waals surface area contributed by atoms with Crippen molar-refractivity contribution in [3.63, 3.8) is 0 Å². The highest BCUT2D eigenvalue weighted by Gasteiger charge is 2.20. The minimum atomic E-state index is -0.0654. The molecule has 1 aliphatic heterocycles. The van der Waals surface area contributed by atoms with Crippen LogP contribution in [0, 0.1) is 0 Å². The van der Waals surface area contributed by atoms with Gasteiger partial charge in [0.15, 0.2) is 5.78 Å². The van der Waals surface area contributed by atoms with Crippen molar-refractivity contribution in [3.8, 4) is 11.1 Å². The van der Waals surface area contributed by atoms with Crippen molar-refractivity contribution in [2.45, 2.75) is 20.4 Å². The van der Waals surface area contributed by atoms with E-state index < -0.39 is 0 Å². The van der Waals surface area contributed by atoms with Crippen LogP contribution in [0.4, 0.5) is 5.69 Å². The smallest absolute Gasteiger partial charge is 0.224 e. The zero-order chi connectivity index (χ0) is 20.5. The molecule has 5 heteroatoms. The monoisotopic (exact) mass is 402 g/mol. The van der Waals surface area contributed by atoms with Gasteiger partial charge in [0.25, 0.3) is 0 Å². The predicted molar refractivity (Wildman–Crippen MR) is 117 cm³/mol. The second-order valence-corrected chi connectivity index (χ2v) is 7.45. The lowest BCUT2D eigenvalue weighted by molar-refractivity contribution is -0.116. The van der Waals surface area contributed by atoms with Crippen molar-refractivity contribution in [2.75, 3.05) is 4.90 Å². The lowest BCUT2D eigenvalue weighted by Crippen LogP contribution is -2.29. The van der Waals surface area contributed by atoms with E-state index in [-0.39, 0.29) is 11.7 Å². The largest absolute Gasteiger partial charge is 0.308 e. The van der Waals surface area contributed by atoms with Crippen molar-refractivity contribution in [3.05, 3.63) is 82.1 Å². The molecule has 0 saturated carbocycles. The van der Waals surface area contributed by atoms with Crippen LogP contribution in [0.5, 0.6) is 0 Å². The van der Waals surface area contributed by atoms with Crippen molar-refractivity contribution < 1.29 is 9.59 Å². The van der Waals surface area contributed by atoms with Crippen LogP contribution in [0.25, 0.3) is 23.3 Å². The van der Waals surface area contributed by atoms with Crippen LogP contribution < -0.4 is 4.90 Å². The van der Waals surface area contributed by atoms with Crippen LogP contribution in [0.3, 0.4) is 0 Å². The maximum absolute atomic E-state index is 12.4. The number of benzene rings is 2. The number of amides is 1. The molecule has 0 unspecified atom stereocenters. The summed E-state index contributed by atoms with van der Waals surface area (Å²) in [5.41, 5.74) is 5.70. The van der Waals surface area contributed by atoms with Gasteiger partial charge in [0.05, 0.1) is 17.9 Å². The highest BCUT2D eigenvalue weighted by Crippen LogP contribution is 2.32. The molecule has 144 valence electrons. The molecular formula is C24H19ClN2O2. The van der Waals surface area contributed by atoms with Gasteiger partial charge >= 0.3 is 0 Å². The number of nitrogens with zero attached hydrogens (tertiary/aromatic N) is 2. The standard InChI is InChI=1S/C24H19ClN2O2/c1-15(28)21-5-3-4-6-22(21)18-11-19-14-27(16(2)29)24-10-8-20(25)12-17(24)7-9-23(19)26-13-18/h3-13H,14H2,1-2H3/b9-7-. The minimum Gasteiger partial charge on any atom is -0.308 e. The van der Waals surface area contributed by atoms with Gasteiger partial charge in [-0.2, -0.15) is 0 Å². The fraction of sp³-hybridized carbons (Fsp3) is 0.125. The van der Waals surface area contributed by atoms with E-state index >= 15 is 0 Å².